The summed E-state index contributed by atoms with van der Waals surface area (Å²) in [6.45, 7) is 2.76. The van der Waals surface area contributed by atoms with Gasteiger partial charge in [0.05, 0.1) is 23.1 Å². The van der Waals surface area contributed by atoms with Crippen molar-refractivity contribution in [2.45, 2.75) is 32.9 Å². The van der Waals surface area contributed by atoms with E-state index in [0.29, 0.717) is 17.4 Å². The molecule has 0 saturated heterocycles. The lowest BCUT2D eigenvalue weighted by molar-refractivity contribution is -0.117. The van der Waals surface area contributed by atoms with E-state index in [1.54, 1.807) is 14.5 Å². The van der Waals surface area contributed by atoms with Gasteiger partial charge in [0.2, 0.25) is 11.8 Å². The number of amides is 2. The van der Waals surface area contributed by atoms with Gasteiger partial charge in [0.25, 0.3) is 0 Å². The van der Waals surface area contributed by atoms with E-state index in [9.17, 15) is 14.4 Å². The lowest BCUT2D eigenvalue weighted by Crippen LogP contribution is -2.25. The number of thiazole rings is 1. The maximum atomic E-state index is 12.5. The fourth-order valence-electron chi connectivity index (χ4n) is 2.81. The van der Waals surface area contributed by atoms with Gasteiger partial charge in [0, 0.05) is 24.9 Å². The number of para-hydroxylation sites is 2. The third-order valence-corrected chi connectivity index (χ3v) is 4.76. The van der Waals surface area contributed by atoms with E-state index in [4.69, 9.17) is 5.73 Å². The minimum absolute atomic E-state index is 0.0400. The molecule has 26 heavy (non-hydrogen) atoms. The van der Waals surface area contributed by atoms with Crippen LogP contribution in [0.5, 0.6) is 0 Å². The molecule has 0 aliphatic carbocycles. The Morgan fingerprint density at radius 2 is 1.92 bits per heavy atom. The van der Waals surface area contributed by atoms with Gasteiger partial charge in [-0.05, 0) is 19.1 Å². The molecule has 1 aromatic carbocycles. The number of primary amides is 1. The number of imidazole rings is 1. The first-order chi connectivity index (χ1) is 12.5. The zero-order valence-electron chi connectivity index (χ0n) is 14.3. The molecule has 3 aromatic rings. The van der Waals surface area contributed by atoms with Crippen LogP contribution >= 0.6 is 11.3 Å². The summed E-state index contributed by atoms with van der Waals surface area (Å²) >= 11 is 1.23. The molecule has 2 amide bonds. The highest BCUT2D eigenvalue weighted by molar-refractivity contribution is 7.13. The molecule has 0 aliphatic heterocycles. The summed E-state index contributed by atoms with van der Waals surface area (Å²) in [5, 5.41) is 4.78. The van der Waals surface area contributed by atoms with Crippen molar-refractivity contribution in [3.05, 3.63) is 45.8 Å². The van der Waals surface area contributed by atoms with Crippen molar-refractivity contribution in [2.24, 2.45) is 5.73 Å². The molecule has 136 valence electrons. The Bertz CT molecular complexity index is 1020. The molecule has 3 rings (SSSR count). The number of aryl methyl sites for hydroxylation is 2. The second kappa shape index (κ2) is 7.52. The first-order valence-electron chi connectivity index (χ1n) is 8.20. The maximum absolute atomic E-state index is 12.5. The summed E-state index contributed by atoms with van der Waals surface area (Å²) in [7, 11) is 0. The molecule has 0 radical (unpaired) electrons. The minimum Gasteiger partial charge on any atom is -0.369 e. The van der Waals surface area contributed by atoms with Crippen molar-refractivity contribution < 1.29 is 9.59 Å². The van der Waals surface area contributed by atoms with Crippen LogP contribution in [0.25, 0.3) is 11.0 Å². The fourth-order valence-corrected chi connectivity index (χ4v) is 3.54. The highest BCUT2D eigenvalue weighted by atomic mass is 32.1. The third kappa shape index (κ3) is 3.67. The monoisotopic (exact) mass is 373 g/mol. The Labute approximate surface area is 153 Å². The van der Waals surface area contributed by atoms with Crippen LogP contribution in [0.4, 0.5) is 5.13 Å². The number of hydrogen-bond donors (Lipinski definition) is 2. The zero-order valence-corrected chi connectivity index (χ0v) is 15.1. The van der Waals surface area contributed by atoms with Gasteiger partial charge in [0.1, 0.15) is 0 Å². The van der Waals surface area contributed by atoms with Crippen LogP contribution in [0.15, 0.2) is 34.4 Å². The number of aromatic nitrogens is 3. The topological polar surface area (TPSA) is 112 Å². The number of fused-ring (bicyclic) bond motifs is 1. The number of benzene rings is 1. The summed E-state index contributed by atoms with van der Waals surface area (Å²) in [4.78, 5) is 39.8. The van der Waals surface area contributed by atoms with Gasteiger partial charge in [0.15, 0.2) is 5.13 Å². The van der Waals surface area contributed by atoms with Crippen molar-refractivity contribution >= 4 is 39.3 Å². The Morgan fingerprint density at radius 1 is 1.23 bits per heavy atom. The molecule has 0 unspecified atom stereocenters. The summed E-state index contributed by atoms with van der Waals surface area (Å²) < 4.78 is 3.29. The van der Waals surface area contributed by atoms with Crippen LogP contribution in [0.2, 0.25) is 0 Å². The van der Waals surface area contributed by atoms with E-state index < -0.39 is 5.91 Å². The molecular weight excluding hydrogens is 354 g/mol. The first kappa shape index (κ1) is 17.9. The molecule has 0 fully saturated rings. The molecule has 8 nitrogen and oxygen atoms in total. The number of nitrogens with one attached hydrogen (secondary N) is 1. The van der Waals surface area contributed by atoms with Crippen LogP contribution in [0.3, 0.4) is 0 Å². The largest absolute Gasteiger partial charge is 0.369 e. The van der Waals surface area contributed by atoms with Crippen LogP contribution < -0.4 is 16.7 Å². The second-order valence-corrected chi connectivity index (χ2v) is 6.61. The van der Waals surface area contributed by atoms with Crippen molar-refractivity contribution in [3.8, 4) is 0 Å². The fraction of sp³-hybridized carbons (Fsp3) is 0.294. The van der Waals surface area contributed by atoms with E-state index in [0.717, 1.165) is 11.0 Å². The van der Waals surface area contributed by atoms with Crippen LogP contribution in [-0.2, 0) is 29.1 Å². The average molecular weight is 373 g/mol. The number of nitrogens with zero attached hydrogens (tertiary/aromatic N) is 3. The molecule has 0 spiro atoms. The third-order valence-electron chi connectivity index (χ3n) is 3.96. The van der Waals surface area contributed by atoms with Crippen molar-refractivity contribution in [1.29, 1.82) is 0 Å². The van der Waals surface area contributed by atoms with Gasteiger partial charge in [-0.3, -0.25) is 18.7 Å². The number of nitrogens with two attached hydrogens (primary N) is 1. The highest BCUT2D eigenvalue weighted by Crippen LogP contribution is 2.17. The summed E-state index contributed by atoms with van der Waals surface area (Å²) in [6.07, 6.45) is 0.181. The normalized spacial score (nSPS) is 11.0. The molecule has 0 bridgehead atoms. The Morgan fingerprint density at radius 3 is 2.58 bits per heavy atom. The lowest BCUT2D eigenvalue weighted by atomic mass is 10.3. The van der Waals surface area contributed by atoms with E-state index in [2.05, 4.69) is 10.3 Å². The molecule has 2 heterocycles. The number of rotatable bonds is 7. The number of carbonyl (C=O) groups excluding carboxylic acids is 2. The van der Waals surface area contributed by atoms with Gasteiger partial charge in [-0.25, -0.2) is 9.78 Å². The van der Waals surface area contributed by atoms with Crippen molar-refractivity contribution in [1.82, 2.24) is 14.1 Å². The smallest absolute Gasteiger partial charge is 0.329 e. The number of anilines is 1. The van der Waals surface area contributed by atoms with E-state index in [1.807, 2.05) is 31.2 Å². The van der Waals surface area contributed by atoms with Gasteiger partial charge in [-0.2, -0.15) is 0 Å². The number of carbonyl (C=O) groups is 2. The number of hydrogen-bond acceptors (Lipinski definition) is 5. The van der Waals surface area contributed by atoms with Gasteiger partial charge < -0.3 is 11.1 Å². The van der Waals surface area contributed by atoms with Crippen LogP contribution in [0, 0.1) is 0 Å². The highest BCUT2D eigenvalue weighted by Gasteiger charge is 2.13. The zero-order chi connectivity index (χ0) is 18.7. The SMILES string of the molecule is CCn1c(=O)n(CCC(=O)Nc2nc(CC(N)=O)cs2)c2ccccc21. The summed E-state index contributed by atoms with van der Waals surface area (Å²) in [6, 6.07) is 7.52. The molecule has 9 heteroatoms. The van der Waals surface area contributed by atoms with E-state index >= 15 is 0 Å². The summed E-state index contributed by atoms with van der Waals surface area (Å²) in [5.74, 6) is -0.718. The Kier molecular flexibility index (Phi) is 5.17. The molecule has 3 N–H and O–H groups in total. The predicted octanol–water partition coefficient (Wildman–Crippen LogP) is 1.34. The van der Waals surface area contributed by atoms with Gasteiger partial charge in [-0.1, -0.05) is 12.1 Å². The minimum atomic E-state index is -0.472. The quantitative estimate of drug-likeness (QED) is 0.651. The summed E-state index contributed by atoms with van der Waals surface area (Å²) in [5.41, 5.74) is 7.19. The molecule has 0 saturated carbocycles. The van der Waals surface area contributed by atoms with Crippen LogP contribution in [0.1, 0.15) is 19.0 Å². The van der Waals surface area contributed by atoms with Gasteiger partial charge in [-0.15, -0.1) is 11.3 Å². The lowest BCUT2D eigenvalue weighted by Gasteiger charge is -2.03. The predicted molar refractivity (Wildman–Crippen MR) is 100 cm³/mol. The molecule has 0 atom stereocenters. The first-order valence-corrected chi connectivity index (χ1v) is 9.08. The second-order valence-electron chi connectivity index (χ2n) is 5.75. The van der Waals surface area contributed by atoms with Gasteiger partial charge >= 0.3 is 5.69 Å². The molecule has 0 aliphatic rings. The Balaban J connectivity index is 1.69. The van der Waals surface area contributed by atoms with E-state index in [-0.39, 0.29) is 31.0 Å². The molecular formula is C17H19N5O3S. The Hall–Kier alpha value is -2.94. The van der Waals surface area contributed by atoms with Crippen molar-refractivity contribution in [3.63, 3.8) is 0 Å². The van der Waals surface area contributed by atoms with E-state index in [1.165, 1.54) is 11.3 Å². The van der Waals surface area contributed by atoms with Crippen molar-refractivity contribution in [2.75, 3.05) is 5.32 Å². The average Bonchev–Trinajstić information content (AvgIpc) is 3.13. The maximum Gasteiger partial charge on any atom is 0.329 e. The standard InChI is InChI=1S/C17H19N5O3S/c1-2-21-12-5-3-4-6-13(12)22(17(21)25)8-7-15(24)20-16-19-11(10-26-16)9-14(18)23/h3-6,10H,2,7-9H2,1H3,(H2,18,23)(H,19,20,24). The molecule has 2 aromatic heterocycles. The van der Waals surface area contributed by atoms with Crippen LogP contribution in [-0.4, -0.2) is 25.9 Å².